The van der Waals surface area contributed by atoms with Crippen molar-refractivity contribution >= 4 is 5.97 Å². The Morgan fingerprint density at radius 3 is 2.54 bits per heavy atom. The highest BCUT2D eigenvalue weighted by molar-refractivity contribution is 5.67. The van der Waals surface area contributed by atoms with Crippen LogP contribution < -0.4 is 0 Å². The van der Waals surface area contributed by atoms with Gasteiger partial charge in [-0.3, -0.25) is 4.79 Å². The molecular formula is C9H18N2O2. The Kier molecular flexibility index (Phi) is 3.27. The van der Waals surface area contributed by atoms with Crippen LogP contribution in [0.4, 0.5) is 0 Å². The van der Waals surface area contributed by atoms with Gasteiger partial charge in [-0.1, -0.05) is 0 Å². The number of carbonyl (C=O) groups is 1. The molecule has 4 nitrogen and oxygen atoms in total. The quantitative estimate of drug-likeness (QED) is 0.664. The Hall–Kier alpha value is -0.610. The largest absolute Gasteiger partial charge is 0.481 e. The summed E-state index contributed by atoms with van der Waals surface area (Å²) in [5.41, 5.74) is 0. The first-order chi connectivity index (χ1) is 6.00. The van der Waals surface area contributed by atoms with E-state index >= 15 is 0 Å². The normalized spacial score (nSPS) is 31.9. The second kappa shape index (κ2) is 4.07. The first-order valence-corrected chi connectivity index (χ1v) is 4.63. The molecule has 1 aliphatic heterocycles. The Bertz CT molecular complexity index is 196. The summed E-state index contributed by atoms with van der Waals surface area (Å²) in [7, 11) is 4.05. The van der Waals surface area contributed by atoms with Gasteiger partial charge in [0, 0.05) is 25.2 Å². The monoisotopic (exact) mass is 186 g/mol. The van der Waals surface area contributed by atoms with Crippen molar-refractivity contribution in [2.75, 3.05) is 27.2 Å². The zero-order valence-electron chi connectivity index (χ0n) is 8.53. The molecule has 1 heterocycles. The first kappa shape index (κ1) is 10.5. The summed E-state index contributed by atoms with van der Waals surface area (Å²) in [5.74, 6) is -0.709. The summed E-state index contributed by atoms with van der Waals surface area (Å²) in [6.45, 7) is 3.96. The minimum Gasteiger partial charge on any atom is -0.481 e. The van der Waals surface area contributed by atoms with Gasteiger partial charge in [0.15, 0.2) is 0 Å². The van der Waals surface area contributed by atoms with Gasteiger partial charge >= 0.3 is 5.97 Å². The molecule has 0 spiro atoms. The predicted octanol–water partition coefficient (Wildman–Crippen LogP) is 0.0954. The number of piperazine rings is 1. The second-order valence-electron chi connectivity index (χ2n) is 3.98. The van der Waals surface area contributed by atoms with Crippen LogP contribution in [0.15, 0.2) is 0 Å². The molecule has 0 amide bonds. The van der Waals surface area contributed by atoms with Crippen molar-refractivity contribution in [3.05, 3.63) is 0 Å². The van der Waals surface area contributed by atoms with Crippen LogP contribution in [0, 0.1) is 0 Å². The summed E-state index contributed by atoms with van der Waals surface area (Å²) in [5, 5.41) is 8.69. The van der Waals surface area contributed by atoms with Crippen molar-refractivity contribution in [3.8, 4) is 0 Å². The molecule has 2 atom stereocenters. The highest BCUT2D eigenvalue weighted by atomic mass is 16.4. The van der Waals surface area contributed by atoms with Gasteiger partial charge in [0.05, 0.1) is 6.42 Å². The number of aliphatic carboxylic acids is 1. The molecule has 0 aliphatic carbocycles. The topological polar surface area (TPSA) is 43.8 Å². The molecule has 0 saturated carbocycles. The van der Waals surface area contributed by atoms with E-state index in [1.165, 1.54) is 0 Å². The molecule has 13 heavy (non-hydrogen) atoms. The standard InChI is InChI=1S/C9H18N2O2/c1-7-5-11(3)8(4-9(12)13)6-10(7)2/h7-8H,4-6H2,1-3H3,(H,12,13)/t7-,8-/m0/s1. The summed E-state index contributed by atoms with van der Waals surface area (Å²) in [6.07, 6.45) is 0.244. The maximum absolute atomic E-state index is 10.6. The number of hydrogen-bond acceptors (Lipinski definition) is 3. The van der Waals surface area contributed by atoms with E-state index in [-0.39, 0.29) is 12.5 Å². The smallest absolute Gasteiger partial charge is 0.304 e. The number of rotatable bonds is 2. The van der Waals surface area contributed by atoms with Crippen LogP contribution in [-0.4, -0.2) is 60.1 Å². The van der Waals surface area contributed by atoms with Crippen molar-refractivity contribution in [1.29, 1.82) is 0 Å². The molecule has 0 unspecified atom stereocenters. The van der Waals surface area contributed by atoms with E-state index < -0.39 is 5.97 Å². The zero-order chi connectivity index (χ0) is 10.0. The van der Waals surface area contributed by atoms with E-state index in [4.69, 9.17) is 5.11 Å². The molecule has 0 radical (unpaired) electrons. The lowest BCUT2D eigenvalue weighted by atomic mass is 10.1. The molecule has 4 heteroatoms. The fourth-order valence-electron chi connectivity index (χ4n) is 1.78. The zero-order valence-corrected chi connectivity index (χ0v) is 8.53. The van der Waals surface area contributed by atoms with E-state index in [0.29, 0.717) is 6.04 Å². The number of carboxylic acids is 1. The van der Waals surface area contributed by atoms with Gasteiger partial charge in [0.1, 0.15) is 0 Å². The average Bonchev–Trinajstić information content (AvgIpc) is 1.99. The van der Waals surface area contributed by atoms with Gasteiger partial charge in [-0.25, -0.2) is 0 Å². The van der Waals surface area contributed by atoms with Crippen molar-refractivity contribution in [1.82, 2.24) is 9.80 Å². The van der Waals surface area contributed by atoms with E-state index in [0.717, 1.165) is 13.1 Å². The number of hydrogen-bond donors (Lipinski definition) is 1. The molecule has 0 aromatic rings. The fourth-order valence-corrected chi connectivity index (χ4v) is 1.78. The third-order valence-corrected chi connectivity index (χ3v) is 2.84. The minimum absolute atomic E-state index is 0.165. The third-order valence-electron chi connectivity index (χ3n) is 2.84. The van der Waals surface area contributed by atoms with E-state index in [1.54, 1.807) is 0 Å². The molecule has 76 valence electrons. The average molecular weight is 186 g/mol. The molecule has 0 bridgehead atoms. The maximum Gasteiger partial charge on any atom is 0.304 e. The number of carboxylic acid groups (broad SMARTS) is 1. The van der Waals surface area contributed by atoms with E-state index in [2.05, 4.69) is 16.7 Å². The Morgan fingerprint density at radius 2 is 2.00 bits per heavy atom. The fraction of sp³-hybridized carbons (Fsp3) is 0.889. The first-order valence-electron chi connectivity index (χ1n) is 4.63. The lowest BCUT2D eigenvalue weighted by molar-refractivity contribution is -0.139. The molecule has 0 aromatic carbocycles. The summed E-state index contributed by atoms with van der Waals surface area (Å²) >= 11 is 0. The second-order valence-corrected chi connectivity index (χ2v) is 3.98. The molecule has 1 aliphatic rings. The van der Waals surface area contributed by atoms with Crippen LogP contribution in [0.1, 0.15) is 13.3 Å². The summed E-state index contributed by atoms with van der Waals surface area (Å²) in [4.78, 5) is 14.9. The minimum atomic E-state index is -0.709. The van der Waals surface area contributed by atoms with Crippen LogP contribution in [-0.2, 0) is 4.79 Å². The molecule has 1 N–H and O–H groups in total. The number of nitrogens with zero attached hydrogens (tertiary/aromatic N) is 2. The van der Waals surface area contributed by atoms with Crippen LogP contribution in [0.25, 0.3) is 0 Å². The molecule has 1 rings (SSSR count). The highest BCUT2D eigenvalue weighted by Crippen LogP contribution is 2.13. The van der Waals surface area contributed by atoms with Crippen LogP contribution >= 0.6 is 0 Å². The van der Waals surface area contributed by atoms with Gasteiger partial charge in [0.2, 0.25) is 0 Å². The van der Waals surface area contributed by atoms with Gasteiger partial charge < -0.3 is 14.9 Å². The van der Waals surface area contributed by atoms with E-state index in [1.807, 2.05) is 14.1 Å². The van der Waals surface area contributed by atoms with Crippen LogP contribution in [0.2, 0.25) is 0 Å². The van der Waals surface area contributed by atoms with E-state index in [9.17, 15) is 4.79 Å². The van der Waals surface area contributed by atoms with Crippen molar-refractivity contribution in [3.63, 3.8) is 0 Å². The van der Waals surface area contributed by atoms with Gasteiger partial charge in [0.25, 0.3) is 0 Å². The lowest BCUT2D eigenvalue weighted by Gasteiger charge is -2.41. The lowest BCUT2D eigenvalue weighted by Crippen LogP contribution is -2.54. The SMILES string of the molecule is C[C@H]1CN(C)[C@@H](CC(=O)O)CN1C. The van der Waals surface area contributed by atoms with Gasteiger partial charge in [-0.05, 0) is 21.0 Å². The van der Waals surface area contributed by atoms with Gasteiger partial charge in [-0.2, -0.15) is 0 Å². The maximum atomic E-state index is 10.6. The Balaban J connectivity index is 2.51. The predicted molar refractivity (Wildman–Crippen MR) is 50.8 cm³/mol. The summed E-state index contributed by atoms with van der Waals surface area (Å²) in [6, 6.07) is 0.689. The van der Waals surface area contributed by atoms with Gasteiger partial charge in [-0.15, -0.1) is 0 Å². The Morgan fingerprint density at radius 1 is 1.38 bits per heavy atom. The van der Waals surface area contributed by atoms with Crippen LogP contribution in [0.5, 0.6) is 0 Å². The van der Waals surface area contributed by atoms with Crippen LogP contribution in [0.3, 0.4) is 0 Å². The molecule has 1 fully saturated rings. The highest BCUT2D eigenvalue weighted by Gasteiger charge is 2.28. The molecule has 1 saturated heterocycles. The van der Waals surface area contributed by atoms with Crippen molar-refractivity contribution < 1.29 is 9.90 Å². The third kappa shape index (κ3) is 2.67. The van der Waals surface area contributed by atoms with Crippen molar-refractivity contribution in [2.24, 2.45) is 0 Å². The summed E-state index contributed by atoms with van der Waals surface area (Å²) < 4.78 is 0. The molecule has 0 aromatic heterocycles. The molecular weight excluding hydrogens is 168 g/mol. The number of likely N-dealkylation sites (N-methyl/N-ethyl adjacent to an activating group) is 2. The Labute approximate surface area is 79.1 Å². The van der Waals surface area contributed by atoms with Crippen molar-refractivity contribution in [2.45, 2.75) is 25.4 Å².